The highest BCUT2D eigenvalue weighted by Crippen LogP contribution is 2.44. The van der Waals surface area contributed by atoms with E-state index in [1.807, 2.05) is 43.3 Å². The van der Waals surface area contributed by atoms with Gasteiger partial charge in [-0.25, -0.2) is 4.79 Å². The Hall–Kier alpha value is -3.39. The molecule has 0 radical (unpaired) electrons. The van der Waals surface area contributed by atoms with Crippen LogP contribution in [0, 0.1) is 11.8 Å². The maximum atomic E-state index is 13.2. The summed E-state index contributed by atoms with van der Waals surface area (Å²) < 4.78 is 10.7. The lowest BCUT2D eigenvalue weighted by Crippen LogP contribution is -2.48. The number of rotatable bonds is 9. The molecular formula is C27H32N2O6. The first-order valence-electron chi connectivity index (χ1n) is 12.0. The molecule has 1 unspecified atom stereocenters. The average molecular weight is 481 g/mol. The van der Waals surface area contributed by atoms with Crippen molar-refractivity contribution in [1.29, 1.82) is 0 Å². The Morgan fingerprint density at radius 1 is 1.06 bits per heavy atom. The summed E-state index contributed by atoms with van der Waals surface area (Å²) in [6.45, 7) is 2.92. The van der Waals surface area contributed by atoms with E-state index in [1.54, 1.807) is 7.11 Å². The summed E-state index contributed by atoms with van der Waals surface area (Å²) >= 11 is 0. The first-order chi connectivity index (χ1) is 16.9. The van der Waals surface area contributed by atoms with Crippen LogP contribution in [0.3, 0.4) is 0 Å². The summed E-state index contributed by atoms with van der Waals surface area (Å²) in [6.07, 6.45) is 0.284. The Kier molecular flexibility index (Phi) is 7.70. The topological polar surface area (TPSA) is 105 Å². The second kappa shape index (κ2) is 10.9. The van der Waals surface area contributed by atoms with Crippen LogP contribution in [0.25, 0.3) is 11.1 Å². The second-order valence-corrected chi connectivity index (χ2v) is 9.32. The molecule has 2 aromatic carbocycles. The van der Waals surface area contributed by atoms with Gasteiger partial charge >= 0.3 is 12.1 Å². The summed E-state index contributed by atoms with van der Waals surface area (Å²) in [4.78, 5) is 39.0. The normalized spacial score (nSPS) is 19.7. The lowest BCUT2D eigenvalue weighted by molar-refractivity contribution is -0.142. The van der Waals surface area contributed by atoms with Gasteiger partial charge in [0.1, 0.15) is 12.6 Å². The van der Waals surface area contributed by atoms with E-state index < -0.39 is 24.0 Å². The molecule has 2 amide bonds. The summed E-state index contributed by atoms with van der Waals surface area (Å²) in [5, 5.41) is 12.1. The number of amides is 2. The summed E-state index contributed by atoms with van der Waals surface area (Å²) in [7, 11) is 1.58. The van der Waals surface area contributed by atoms with Gasteiger partial charge in [0.25, 0.3) is 0 Å². The molecule has 1 aliphatic carbocycles. The quantitative estimate of drug-likeness (QED) is 0.533. The van der Waals surface area contributed by atoms with Crippen molar-refractivity contribution in [3.8, 4) is 11.1 Å². The van der Waals surface area contributed by atoms with Crippen molar-refractivity contribution in [2.45, 2.75) is 31.7 Å². The molecule has 2 N–H and O–H groups in total. The molecule has 0 saturated carbocycles. The van der Waals surface area contributed by atoms with Gasteiger partial charge in [-0.2, -0.15) is 0 Å². The van der Waals surface area contributed by atoms with E-state index in [-0.39, 0.29) is 30.9 Å². The number of methoxy groups -OCH3 is 1. The molecule has 186 valence electrons. The third-order valence-corrected chi connectivity index (χ3v) is 7.02. The van der Waals surface area contributed by atoms with Crippen LogP contribution in [0.5, 0.6) is 0 Å². The molecule has 1 aliphatic heterocycles. The number of fused-ring (bicyclic) bond motifs is 3. The highest BCUT2D eigenvalue weighted by atomic mass is 16.5. The number of nitrogens with one attached hydrogen (secondary N) is 1. The molecule has 0 bridgehead atoms. The van der Waals surface area contributed by atoms with Crippen molar-refractivity contribution in [3.05, 3.63) is 59.7 Å². The fourth-order valence-corrected chi connectivity index (χ4v) is 5.16. The van der Waals surface area contributed by atoms with E-state index in [2.05, 4.69) is 17.4 Å². The molecule has 35 heavy (non-hydrogen) atoms. The third-order valence-electron chi connectivity index (χ3n) is 7.02. The van der Waals surface area contributed by atoms with E-state index in [0.29, 0.717) is 26.0 Å². The van der Waals surface area contributed by atoms with E-state index in [0.717, 1.165) is 22.3 Å². The Morgan fingerprint density at radius 2 is 1.69 bits per heavy atom. The monoisotopic (exact) mass is 480 g/mol. The van der Waals surface area contributed by atoms with Crippen molar-refractivity contribution in [2.75, 3.05) is 33.4 Å². The van der Waals surface area contributed by atoms with Crippen molar-refractivity contribution in [2.24, 2.45) is 11.8 Å². The highest BCUT2D eigenvalue weighted by Gasteiger charge is 2.39. The lowest BCUT2D eigenvalue weighted by atomic mass is 9.98. The maximum absolute atomic E-state index is 13.2. The number of likely N-dealkylation sites (tertiary alicyclic amines) is 1. The Bertz CT molecular complexity index is 1040. The summed E-state index contributed by atoms with van der Waals surface area (Å²) in [5.41, 5.74) is 4.50. The number of ether oxygens (including phenoxy) is 2. The van der Waals surface area contributed by atoms with E-state index >= 15 is 0 Å². The fraction of sp³-hybridized carbons (Fsp3) is 0.444. The van der Waals surface area contributed by atoms with Crippen LogP contribution in [0.2, 0.25) is 0 Å². The Morgan fingerprint density at radius 3 is 2.26 bits per heavy atom. The molecule has 3 atom stereocenters. The lowest BCUT2D eigenvalue weighted by Gasteiger charge is -2.24. The molecule has 1 heterocycles. The van der Waals surface area contributed by atoms with E-state index in [9.17, 15) is 19.5 Å². The average Bonchev–Trinajstić information content (AvgIpc) is 3.40. The number of nitrogens with zero attached hydrogens (tertiary/aromatic N) is 1. The zero-order valence-corrected chi connectivity index (χ0v) is 20.1. The number of carboxylic acids is 1. The predicted molar refractivity (Wildman–Crippen MR) is 130 cm³/mol. The number of carbonyl (C=O) groups excluding carboxylic acids is 2. The smallest absolute Gasteiger partial charge is 0.407 e. The van der Waals surface area contributed by atoms with Gasteiger partial charge in [-0.1, -0.05) is 55.5 Å². The van der Waals surface area contributed by atoms with Gasteiger partial charge in [-0.15, -0.1) is 0 Å². The van der Waals surface area contributed by atoms with Crippen LogP contribution < -0.4 is 5.32 Å². The molecule has 8 nitrogen and oxygen atoms in total. The van der Waals surface area contributed by atoms with Crippen molar-refractivity contribution in [1.82, 2.24) is 10.2 Å². The zero-order chi connectivity index (χ0) is 24.9. The summed E-state index contributed by atoms with van der Waals surface area (Å²) in [6, 6.07) is 15.4. The van der Waals surface area contributed by atoms with Gasteiger partial charge in [-0.3, -0.25) is 9.59 Å². The number of alkyl carbamates (subject to hydrolysis) is 1. The van der Waals surface area contributed by atoms with Gasteiger partial charge < -0.3 is 24.8 Å². The van der Waals surface area contributed by atoms with Gasteiger partial charge in [0, 0.05) is 32.7 Å². The molecule has 1 saturated heterocycles. The number of hydrogen-bond donors (Lipinski definition) is 2. The van der Waals surface area contributed by atoms with Crippen LogP contribution in [-0.4, -0.2) is 67.4 Å². The minimum Gasteiger partial charge on any atom is -0.481 e. The van der Waals surface area contributed by atoms with E-state index in [4.69, 9.17) is 9.47 Å². The van der Waals surface area contributed by atoms with Crippen molar-refractivity contribution >= 4 is 18.0 Å². The number of hydrogen-bond acceptors (Lipinski definition) is 5. The Balaban J connectivity index is 1.41. The number of carbonyl (C=O) groups is 3. The first kappa shape index (κ1) is 24.7. The largest absolute Gasteiger partial charge is 0.481 e. The number of aliphatic carboxylic acids is 1. The maximum Gasteiger partial charge on any atom is 0.407 e. The minimum atomic E-state index is -0.909. The van der Waals surface area contributed by atoms with Gasteiger partial charge in [-0.05, 0) is 41.0 Å². The van der Waals surface area contributed by atoms with Crippen LogP contribution >= 0.6 is 0 Å². The van der Waals surface area contributed by atoms with Crippen LogP contribution in [-0.2, 0) is 19.1 Å². The molecule has 1 fully saturated rings. The standard InChI is InChI=1S/C27H32N2O6/c1-17-14-29(15-22(17)26(31)32)25(30)24(12-7-13-34-2)28-27(33)35-16-23-20-10-5-3-8-18(20)19-9-4-6-11-21(19)23/h3-6,8-11,17,22-24H,7,12-16H2,1-2H3,(H,28,33)(H,31,32)/t17-,22-,24?/m0/s1. The molecule has 0 aromatic heterocycles. The Labute approximate surface area is 205 Å². The van der Waals surface area contributed by atoms with Crippen molar-refractivity contribution < 1.29 is 29.0 Å². The van der Waals surface area contributed by atoms with Crippen LogP contribution in [0.4, 0.5) is 4.79 Å². The van der Waals surface area contributed by atoms with Crippen LogP contribution in [0.15, 0.2) is 48.5 Å². The van der Waals surface area contributed by atoms with Gasteiger partial charge in [0.05, 0.1) is 5.92 Å². The van der Waals surface area contributed by atoms with E-state index in [1.165, 1.54) is 4.90 Å². The predicted octanol–water partition coefficient (Wildman–Crippen LogP) is 3.50. The number of carboxylic acid groups (broad SMARTS) is 1. The molecule has 2 aromatic rings. The molecule has 8 heteroatoms. The van der Waals surface area contributed by atoms with Gasteiger partial charge in [0.2, 0.25) is 5.91 Å². The highest BCUT2D eigenvalue weighted by molar-refractivity contribution is 5.87. The molecular weight excluding hydrogens is 448 g/mol. The number of benzene rings is 2. The van der Waals surface area contributed by atoms with Gasteiger partial charge in [0.15, 0.2) is 0 Å². The summed E-state index contributed by atoms with van der Waals surface area (Å²) in [5.74, 6) is -2.02. The zero-order valence-electron chi connectivity index (χ0n) is 20.1. The fourth-order valence-electron chi connectivity index (χ4n) is 5.16. The first-order valence-corrected chi connectivity index (χ1v) is 12.0. The third kappa shape index (κ3) is 5.32. The molecule has 4 rings (SSSR count). The van der Waals surface area contributed by atoms with Crippen LogP contribution in [0.1, 0.15) is 36.8 Å². The minimum absolute atomic E-state index is 0.0773. The second-order valence-electron chi connectivity index (χ2n) is 9.32. The SMILES string of the molecule is COCCCC(NC(=O)OCC1c2ccccc2-c2ccccc21)C(=O)N1C[C@H](C(=O)O)[C@@H](C)C1. The van der Waals surface area contributed by atoms with Crippen molar-refractivity contribution in [3.63, 3.8) is 0 Å². The molecule has 0 spiro atoms. The molecule has 2 aliphatic rings.